The van der Waals surface area contributed by atoms with Gasteiger partial charge in [-0.15, -0.1) is 11.3 Å². The van der Waals surface area contributed by atoms with Crippen LogP contribution in [0.5, 0.6) is 0 Å². The second kappa shape index (κ2) is 8.80. The number of carbonyl (C=O) groups excluding carboxylic acids is 1. The smallest absolute Gasteiger partial charge is 0.261 e. The average Bonchev–Trinajstić information content (AvgIpc) is 3.11. The number of pyridine rings is 1. The standard InChI is InChI=1S/C20H24ClN3OS/c1-3-5-11-24(4-2)12-10-22-20(25)17-13-15-18(26-17)14-8-6-7-9-16(14)23-19(15)21/h6-9,13H,3-5,10-12H2,1-2H3,(H,22,25). The van der Waals surface area contributed by atoms with Gasteiger partial charge in [0.15, 0.2) is 0 Å². The van der Waals surface area contributed by atoms with Crippen molar-refractivity contribution in [2.75, 3.05) is 26.2 Å². The number of unbranched alkanes of at least 4 members (excludes halogenated alkanes) is 1. The largest absolute Gasteiger partial charge is 0.350 e. The molecule has 0 radical (unpaired) electrons. The highest BCUT2D eigenvalue weighted by molar-refractivity contribution is 7.21. The minimum atomic E-state index is -0.0436. The first-order valence-corrected chi connectivity index (χ1v) is 10.3. The monoisotopic (exact) mass is 389 g/mol. The van der Waals surface area contributed by atoms with Gasteiger partial charge in [-0.3, -0.25) is 4.79 Å². The fraction of sp³-hybridized carbons (Fsp3) is 0.400. The van der Waals surface area contributed by atoms with E-state index in [0.29, 0.717) is 16.6 Å². The summed E-state index contributed by atoms with van der Waals surface area (Å²) in [5.41, 5.74) is 0.855. The van der Waals surface area contributed by atoms with Gasteiger partial charge in [0.25, 0.3) is 5.91 Å². The first-order valence-electron chi connectivity index (χ1n) is 9.12. The van der Waals surface area contributed by atoms with Crippen molar-refractivity contribution in [3.05, 3.63) is 40.4 Å². The van der Waals surface area contributed by atoms with Crippen molar-refractivity contribution >= 4 is 49.8 Å². The number of hydrogen-bond acceptors (Lipinski definition) is 4. The molecule has 0 unspecified atom stereocenters. The molecule has 4 nitrogen and oxygen atoms in total. The van der Waals surface area contributed by atoms with Crippen LogP contribution in [0, 0.1) is 0 Å². The zero-order chi connectivity index (χ0) is 18.5. The highest BCUT2D eigenvalue weighted by atomic mass is 35.5. The summed E-state index contributed by atoms with van der Waals surface area (Å²) in [6.07, 6.45) is 2.38. The zero-order valence-electron chi connectivity index (χ0n) is 15.2. The number of thiophene rings is 1. The first kappa shape index (κ1) is 19.1. The van der Waals surface area contributed by atoms with Crippen molar-refractivity contribution in [3.8, 4) is 0 Å². The predicted molar refractivity (Wildman–Crippen MR) is 111 cm³/mol. The van der Waals surface area contributed by atoms with Gasteiger partial charge in [0.1, 0.15) is 5.15 Å². The van der Waals surface area contributed by atoms with Gasteiger partial charge in [-0.05, 0) is 31.6 Å². The highest BCUT2D eigenvalue weighted by Gasteiger charge is 2.15. The summed E-state index contributed by atoms with van der Waals surface area (Å²) < 4.78 is 1.02. The molecule has 1 N–H and O–H groups in total. The van der Waals surface area contributed by atoms with Gasteiger partial charge in [-0.2, -0.15) is 0 Å². The van der Waals surface area contributed by atoms with E-state index >= 15 is 0 Å². The van der Waals surface area contributed by atoms with E-state index in [1.807, 2.05) is 30.3 Å². The Morgan fingerprint density at radius 3 is 2.81 bits per heavy atom. The number of para-hydroxylation sites is 1. The molecule has 0 saturated heterocycles. The van der Waals surface area contributed by atoms with Crippen LogP contribution >= 0.6 is 22.9 Å². The molecule has 1 aromatic carbocycles. The molecule has 2 aromatic heterocycles. The van der Waals surface area contributed by atoms with E-state index in [1.54, 1.807) is 0 Å². The molecule has 0 bridgehead atoms. The van der Waals surface area contributed by atoms with Crippen molar-refractivity contribution in [1.82, 2.24) is 15.2 Å². The molecule has 0 fully saturated rings. The van der Waals surface area contributed by atoms with Crippen molar-refractivity contribution in [2.24, 2.45) is 0 Å². The van der Waals surface area contributed by atoms with Crippen LogP contribution in [0.1, 0.15) is 36.4 Å². The Labute approximate surface area is 163 Å². The van der Waals surface area contributed by atoms with Crippen LogP contribution in [0.4, 0.5) is 0 Å². The molecule has 0 aliphatic rings. The molecule has 0 saturated carbocycles. The van der Waals surface area contributed by atoms with Crippen LogP contribution in [0.25, 0.3) is 21.0 Å². The number of nitrogens with zero attached hydrogens (tertiary/aromatic N) is 2. The number of likely N-dealkylation sites (N-methyl/N-ethyl adjacent to an activating group) is 1. The Hall–Kier alpha value is -1.69. The number of fused-ring (bicyclic) bond motifs is 3. The van der Waals surface area contributed by atoms with E-state index in [9.17, 15) is 4.79 Å². The van der Waals surface area contributed by atoms with Crippen molar-refractivity contribution < 1.29 is 4.79 Å². The maximum absolute atomic E-state index is 12.6. The predicted octanol–water partition coefficient (Wildman–Crippen LogP) is 4.95. The highest BCUT2D eigenvalue weighted by Crippen LogP contribution is 2.35. The summed E-state index contributed by atoms with van der Waals surface area (Å²) >= 11 is 7.80. The van der Waals surface area contributed by atoms with E-state index in [2.05, 4.69) is 29.0 Å². The van der Waals surface area contributed by atoms with E-state index < -0.39 is 0 Å². The number of aromatic nitrogens is 1. The molecule has 6 heteroatoms. The van der Waals surface area contributed by atoms with Gasteiger partial charge < -0.3 is 10.2 Å². The van der Waals surface area contributed by atoms with E-state index in [-0.39, 0.29) is 5.91 Å². The lowest BCUT2D eigenvalue weighted by Crippen LogP contribution is -2.35. The maximum atomic E-state index is 12.6. The quantitative estimate of drug-likeness (QED) is 0.554. The third-order valence-electron chi connectivity index (χ3n) is 4.53. The van der Waals surface area contributed by atoms with Crippen molar-refractivity contribution in [2.45, 2.75) is 26.7 Å². The second-order valence-electron chi connectivity index (χ2n) is 6.32. The lowest BCUT2D eigenvalue weighted by atomic mass is 10.2. The van der Waals surface area contributed by atoms with Crippen molar-refractivity contribution in [1.29, 1.82) is 0 Å². The van der Waals surface area contributed by atoms with Gasteiger partial charge in [-0.1, -0.05) is 50.1 Å². The average molecular weight is 390 g/mol. The van der Waals surface area contributed by atoms with E-state index in [1.165, 1.54) is 24.2 Å². The SMILES string of the molecule is CCCCN(CC)CCNC(=O)c1cc2c(Cl)nc3ccccc3c2s1. The molecule has 138 valence electrons. The summed E-state index contributed by atoms with van der Waals surface area (Å²) in [5, 5.41) is 5.37. The normalized spacial score (nSPS) is 11.5. The number of amides is 1. The van der Waals surface area contributed by atoms with Crippen LogP contribution in [-0.2, 0) is 0 Å². The topological polar surface area (TPSA) is 45.2 Å². The van der Waals surface area contributed by atoms with Crippen LogP contribution in [0.2, 0.25) is 5.15 Å². The van der Waals surface area contributed by atoms with E-state index in [0.717, 1.165) is 40.6 Å². The molecular weight excluding hydrogens is 366 g/mol. The Morgan fingerprint density at radius 2 is 2.04 bits per heavy atom. The first-order chi connectivity index (χ1) is 12.6. The third-order valence-corrected chi connectivity index (χ3v) is 5.99. The van der Waals surface area contributed by atoms with Crippen LogP contribution in [0.3, 0.4) is 0 Å². The number of carbonyl (C=O) groups is 1. The summed E-state index contributed by atoms with van der Waals surface area (Å²) in [4.78, 5) is 20.0. The second-order valence-corrected chi connectivity index (χ2v) is 7.73. The Kier molecular flexibility index (Phi) is 6.46. The number of nitrogens with one attached hydrogen (secondary N) is 1. The minimum Gasteiger partial charge on any atom is -0.350 e. The Morgan fingerprint density at radius 1 is 1.23 bits per heavy atom. The van der Waals surface area contributed by atoms with Crippen LogP contribution in [-0.4, -0.2) is 42.0 Å². The molecular formula is C20H24ClN3OS. The molecule has 3 rings (SSSR count). The Bertz CT molecular complexity index is 909. The fourth-order valence-electron chi connectivity index (χ4n) is 3.01. The molecule has 0 spiro atoms. The van der Waals surface area contributed by atoms with Crippen LogP contribution < -0.4 is 5.32 Å². The third kappa shape index (κ3) is 4.17. The number of benzene rings is 1. The maximum Gasteiger partial charge on any atom is 0.261 e. The molecule has 3 aromatic rings. The lowest BCUT2D eigenvalue weighted by Gasteiger charge is -2.19. The molecule has 26 heavy (non-hydrogen) atoms. The Balaban J connectivity index is 1.73. The van der Waals surface area contributed by atoms with E-state index in [4.69, 9.17) is 11.6 Å². The summed E-state index contributed by atoms with van der Waals surface area (Å²) in [7, 11) is 0. The molecule has 0 aliphatic carbocycles. The van der Waals surface area contributed by atoms with Gasteiger partial charge in [0.2, 0.25) is 0 Å². The fourth-order valence-corrected chi connectivity index (χ4v) is 4.42. The van der Waals surface area contributed by atoms with Gasteiger partial charge >= 0.3 is 0 Å². The molecule has 1 amide bonds. The van der Waals surface area contributed by atoms with Gasteiger partial charge in [-0.25, -0.2) is 4.98 Å². The summed E-state index contributed by atoms with van der Waals surface area (Å²) in [6.45, 7) is 7.96. The van der Waals surface area contributed by atoms with Crippen molar-refractivity contribution in [3.63, 3.8) is 0 Å². The molecule has 2 heterocycles. The summed E-state index contributed by atoms with van der Waals surface area (Å²) in [5.74, 6) is -0.0436. The zero-order valence-corrected chi connectivity index (χ0v) is 16.8. The number of halogens is 1. The lowest BCUT2D eigenvalue weighted by molar-refractivity contribution is 0.0952. The summed E-state index contributed by atoms with van der Waals surface area (Å²) in [6, 6.07) is 9.73. The van der Waals surface area contributed by atoms with Gasteiger partial charge in [0.05, 0.1) is 10.4 Å². The minimum absolute atomic E-state index is 0.0436. The van der Waals surface area contributed by atoms with Gasteiger partial charge in [0, 0.05) is 28.6 Å². The molecule has 0 atom stereocenters. The molecule has 0 aliphatic heterocycles. The number of rotatable bonds is 8. The number of hydrogen-bond donors (Lipinski definition) is 1. The van der Waals surface area contributed by atoms with Crippen LogP contribution in [0.15, 0.2) is 30.3 Å².